The number of hydrogen-bond donors (Lipinski definition) is 0. The summed E-state index contributed by atoms with van der Waals surface area (Å²) in [5.41, 5.74) is 0. The van der Waals surface area contributed by atoms with Crippen LogP contribution in [0.4, 0.5) is 0 Å². The van der Waals surface area contributed by atoms with Crippen molar-refractivity contribution in [2.24, 2.45) is 0 Å². The molecule has 0 saturated heterocycles. The van der Waals surface area contributed by atoms with E-state index in [1.54, 1.807) is 0 Å². The number of hydrogen-bond acceptors (Lipinski definition) is 1. The summed E-state index contributed by atoms with van der Waals surface area (Å²) >= 11 is 0. The molecule has 0 N–H and O–H groups in total. The van der Waals surface area contributed by atoms with Gasteiger partial charge >= 0.3 is 0 Å². The molecule has 0 bridgehead atoms. The first kappa shape index (κ1) is 9.77. The molecule has 0 atom stereocenters. The molecule has 6 heavy (non-hydrogen) atoms. The Morgan fingerprint density at radius 2 is 1.50 bits per heavy atom. The zero-order valence-corrected chi connectivity index (χ0v) is 5.79. The molecule has 0 aliphatic heterocycles. The molecule has 1 radical (unpaired) electrons. The van der Waals surface area contributed by atoms with Gasteiger partial charge in [-0.15, -0.1) is 0 Å². The zero-order valence-electron chi connectivity index (χ0n) is 4.16. The SMILES string of the molecule is CCOCC.[Rh]. The van der Waals surface area contributed by atoms with Crippen molar-refractivity contribution in [3.05, 3.63) is 0 Å². The van der Waals surface area contributed by atoms with E-state index < -0.39 is 0 Å². The average molecular weight is 177 g/mol. The molecule has 0 fully saturated rings. The van der Waals surface area contributed by atoms with Gasteiger partial charge in [-0.25, -0.2) is 0 Å². The third kappa shape index (κ3) is 8.82. The van der Waals surface area contributed by atoms with Crippen LogP contribution < -0.4 is 0 Å². The summed E-state index contributed by atoms with van der Waals surface area (Å²) in [5, 5.41) is 0. The maximum atomic E-state index is 4.83. The maximum absolute atomic E-state index is 4.83. The molecular weight excluding hydrogens is 167 g/mol. The van der Waals surface area contributed by atoms with Crippen LogP contribution in [0.2, 0.25) is 0 Å². The Balaban J connectivity index is 0. The molecule has 0 aromatic heterocycles. The van der Waals surface area contributed by atoms with Crippen LogP contribution in [0.1, 0.15) is 13.8 Å². The fraction of sp³-hybridized carbons (Fsp3) is 1.00. The first-order valence-corrected chi connectivity index (χ1v) is 1.99. The normalized spacial score (nSPS) is 7.00. The Morgan fingerprint density at radius 1 is 1.17 bits per heavy atom. The number of ether oxygens (including phenoxy) is 1. The standard InChI is InChI=1S/C4H10O.Rh/c1-3-5-4-2;/h3-4H2,1-2H3;. The van der Waals surface area contributed by atoms with Crippen LogP contribution in [0, 0.1) is 0 Å². The Kier molecular flexibility index (Phi) is 14.9. The van der Waals surface area contributed by atoms with Gasteiger partial charge in [0.05, 0.1) is 0 Å². The molecule has 0 aliphatic carbocycles. The van der Waals surface area contributed by atoms with Crippen molar-refractivity contribution < 1.29 is 24.2 Å². The Hall–Kier alpha value is 0.583. The molecule has 0 unspecified atom stereocenters. The fourth-order valence-electron chi connectivity index (χ4n) is 0.204. The Bertz CT molecular complexity index is 15.0. The van der Waals surface area contributed by atoms with Gasteiger partial charge in [-0.05, 0) is 13.8 Å². The van der Waals surface area contributed by atoms with E-state index in [0.29, 0.717) is 0 Å². The van der Waals surface area contributed by atoms with E-state index in [1.807, 2.05) is 13.8 Å². The first-order chi connectivity index (χ1) is 2.41. The van der Waals surface area contributed by atoms with Gasteiger partial charge in [-0.2, -0.15) is 0 Å². The Labute approximate surface area is 51.8 Å². The van der Waals surface area contributed by atoms with Crippen molar-refractivity contribution in [1.82, 2.24) is 0 Å². The summed E-state index contributed by atoms with van der Waals surface area (Å²) in [6, 6.07) is 0. The van der Waals surface area contributed by atoms with E-state index in [1.165, 1.54) is 0 Å². The van der Waals surface area contributed by atoms with Crippen LogP contribution in [0.25, 0.3) is 0 Å². The quantitative estimate of drug-likeness (QED) is 0.572. The fourth-order valence-corrected chi connectivity index (χ4v) is 0.204. The van der Waals surface area contributed by atoms with Crippen molar-refractivity contribution in [3.63, 3.8) is 0 Å². The van der Waals surface area contributed by atoms with E-state index in [2.05, 4.69) is 0 Å². The third-order valence-electron chi connectivity index (χ3n) is 0.408. The number of rotatable bonds is 2. The minimum Gasteiger partial charge on any atom is -0.382 e. The summed E-state index contributed by atoms with van der Waals surface area (Å²) in [6.45, 7) is 5.67. The van der Waals surface area contributed by atoms with Crippen molar-refractivity contribution in [1.29, 1.82) is 0 Å². The van der Waals surface area contributed by atoms with Gasteiger partial charge in [0.15, 0.2) is 0 Å². The minimum absolute atomic E-state index is 0. The van der Waals surface area contributed by atoms with Gasteiger partial charge in [0, 0.05) is 32.7 Å². The van der Waals surface area contributed by atoms with Gasteiger partial charge < -0.3 is 4.74 Å². The van der Waals surface area contributed by atoms with Crippen LogP contribution in [-0.4, -0.2) is 13.2 Å². The maximum Gasteiger partial charge on any atom is 0.0437 e. The largest absolute Gasteiger partial charge is 0.382 e. The second-order valence-corrected chi connectivity index (χ2v) is 0.781. The van der Waals surface area contributed by atoms with E-state index in [-0.39, 0.29) is 19.5 Å². The molecule has 0 aromatic rings. The predicted molar refractivity (Wildman–Crippen MR) is 22.2 cm³/mol. The second kappa shape index (κ2) is 9.13. The molecule has 1 nitrogen and oxygen atoms in total. The smallest absolute Gasteiger partial charge is 0.0437 e. The van der Waals surface area contributed by atoms with Crippen molar-refractivity contribution in [3.8, 4) is 0 Å². The van der Waals surface area contributed by atoms with Gasteiger partial charge in [0.1, 0.15) is 0 Å². The minimum atomic E-state index is 0. The molecule has 0 saturated carbocycles. The monoisotopic (exact) mass is 177 g/mol. The van der Waals surface area contributed by atoms with Gasteiger partial charge in [-0.1, -0.05) is 0 Å². The van der Waals surface area contributed by atoms with Gasteiger partial charge in [0.25, 0.3) is 0 Å². The molecule has 0 heterocycles. The Morgan fingerprint density at radius 3 is 1.50 bits per heavy atom. The van der Waals surface area contributed by atoms with E-state index in [4.69, 9.17) is 4.74 Å². The van der Waals surface area contributed by atoms with Crippen LogP contribution in [0.5, 0.6) is 0 Å². The van der Waals surface area contributed by atoms with E-state index >= 15 is 0 Å². The third-order valence-corrected chi connectivity index (χ3v) is 0.408. The average Bonchev–Trinajstić information content (AvgIpc) is 1.41. The summed E-state index contributed by atoms with van der Waals surface area (Å²) < 4.78 is 4.83. The topological polar surface area (TPSA) is 9.23 Å². The molecule has 0 rings (SSSR count). The molecule has 0 aliphatic rings. The van der Waals surface area contributed by atoms with E-state index in [0.717, 1.165) is 13.2 Å². The summed E-state index contributed by atoms with van der Waals surface area (Å²) in [4.78, 5) is 0. The van der Waals surface area contributed by atoms with Gasteiger partial charge in [0.2, 0.25) is 0 Å². The summed E-state index contributed by atoms with van der Waals surface area (Å²) in [5.74, 6) is 0. The van der Waals surface area contributed by atoms with Crippen LogP contribution in [0.3, 0.4) is 0 Å². The molecule has 0 spiro atoms. The molecule has 2 heteroatoms. The zero-order chi connectivity index (χ0) is 4.12. The van der Waals surface area contributed by atoms with Crippen LogP contribution in [-0.2, 0) is 24.2 Å². The molecule has 0 amide bonds. The summed E-state index contributed by atoms with van der Waals surface area (Å²) in [6.07, 6.45) is 0. The van der Waals surface area contributed by atoms with Crippen LogP contribution >= 0.6 is 0 Å². The van der Waals surface area contributed by atoms with E-state index in [9.17, 15) is 0 Å². The first-order valence-electron chi connectivity index (χ1n) is 1.99. The van der Waals surface area contributed by atoms with Crippen molar-refractivity contribution in [2.45, 2.75) is 13.8 Å². The van der Waals surface area contributed by atoms with Crippen molar-refractivity contribution in [2.75, 3.05) is 13.2 Å². The van der Waals surface area contributed by atoms with Crippen molar-refractivity contribution >= 4 is 0 Å². The predicted octanol–water partition coefficient (Wildman–Crippen LogP) is 1.04. The molecule has 41 valence electrons. The second-order valence-electron chi connectivity index (χ2n) is 0.781. The molecular formula is C4H10ORh. The summed E-state index contributed by atoms with van der Waals surface area (Å²) in [7, 11) is 0. The van der Waals surface area contributed by atoms with Crippen LogP contribution in [0.15, 0.2) is 0 Å². The van der Waals surface area contributed by atoms with Gasteiger partial charge in [-0.3, -0.25) is 0 Å². The molecule has 0 aromatic carbocycles.